The van der Waals surface area contributed by atoms with E-state index in [-0.39, 0.29) is 48.2 Å². The van der Waals surface area contributed by atoms with Crippen molar-refractivity contribution in [3.63, 3.8) is 0 Å². The largest absolute Gasteiger partial charge is 0.790 e. The maximum Gasteiger partial charge on any atom is 0.274 e. The fraction of sp³-hybridized carbons (Fsp3) is 0.742. The highest BCUT2D eigenvalue weighted by Gasteiger charge is 2.55. The SMILES string of the molecule is CC(C)(COP(=O)([O-])OP(=O)([O-])OCC1OC(C)(n2cnc3c(N)ncnc32)C(O)C1OP(=O)([O-])[O-])C(O)C(=O)NCCC(=O)NCCSCC(=O)NCCCN1CCNCC1. The van der Waals surface area contributed by atoms with E-state index in [9.17, 15) is 57.9 Å². The molecule has 352 valence electrons. The minimum absolute atomic E-state index is 0.0320. The molecule has 0 aliphatic carbocycles. The van der Waals surface area contributed by atoms with Gasteiger partial charge in [0.1, 0.15) is 36.3 Å². The number of hydrogen-bond donors (Lipinski definition) is 7. The lowest BCUT2D eigenvalue weighted by Gasteiger charge is -2.36. The number of fused-ring (bicyclic) bond motifs is 1. The van der Waals surface area contributed by atoms with Crippen LogP contribution in [0.25, 0.3) is 11.2 Å². The second-order valence-corrected chi connectivity index (χ2v) is 20.1. The number of phosphoric ester groups is 3. The Morgan fingerprint density at radius 2 is 1.73 bits per heavy atom. The average Bonchev–Trinajstić information content (AvgIpc) is 3.74. The number of hydrogen-bond acceptors (Lipinski definition) is 24. The van der Waals surface area contributed by atoms with Gasteiger partial charge in [0.25, 0.3) is 15.6 Å². The Hall–Kier alpha value is -2.72. The van der Waals surface area contributed by atoms with Crippen molar-refractivity contribution in [2.24, 2.45) is 5.41 Å². The fourth-order valence-electron chi connectivity index (χ4n) is 6.17. The van der Waals surface area contributed by atoms with Gasteiger partial charge in [-0.3, -0.25) is 28.1 Å². The van der Waals surface area contributed by atoms with E-state index in [4.69, 9.17) is 10.5 Å². The molecule has 0 bridgehead atoms. The highest BCUT2D eigenvalue weighted by Crippen LogP contribution is 2.56. The van der Waals surface area contributed by atoms with Crippen molar-refractivity contribution in [2.75, 3.05) is 82.8 Å². The first-order valence-corrected chi connectivity index (χ1v) is 24.6. The number of aliphatic hydroxyl groups excluding tert-OH is 2. The molecule has 2 aromatic heterocycles. The quantitative estimate of drug-likeness (QED) is 0.0363. The van der Waals surface area contributed by atoms with E-state index in [1.165, 1.54) is 32.5 Å². The maximum absolute atomic E-state index is 12.6. The van der Waals surface area contributed by atoms with Gasteiger partial charge in [0.05, 0.1) is 33.1 Å². The first kappa shape index (κ1) is 51.9. The molecule has 7 atom stereocenters. The lowest BCUT2D eigenvalue weighted by Crippen LogP contribution is -2.46. The van der Waals surface area contributed by atoms with E-state index in [1.54, 1.807) is 0 Å². The van der Waals surface area contributed by atoms with Crippen LogP contribution < -0.4 is 46.6 Å². The summed E-state index contributed by atoms with van der Waals surface area (Å²) in [4.78, 5) is 99.2. The Labute approximate surface area is 360 Å². The summed E-state index contributed by atoms with van der Waals surface area (Å²) in [7, 11) is -17.7. The fourth-order valence-corrected chi connectivity index (χ4v) is 9.58. The summed E-state index contributed by atoms with van der Waals surface area (Å²) in [5, 5.41) is 32.8. The van der Waals surface area contributed by atoms with Crippen LogP contribution in [0, 0.1) is 5.41 Å². The number of rotatable bonds is 25. The minimum Gasteiger partial charge on any atom is -0.790 e. The summed E-state index contributed by atoms with van der Waals surface area (Å²) in [6.07, 6.45) is -5.21. The highest BCUT2D eigenvalue weighted by molar-refractivity contribution is 7.99. The van der Waals surface area contributed by atoms with Gasteiger partial charge in [0, 0.05) is 63.4 Å². The average molecular weight is 961 g/mol. The molecule has 2 saturated heterocycles. The maximum atomic E-state index is 12.6. The molecular weight excluding hydrogens is 909 g/mol. The number of phosphoric acid groups is 3. The van der Waals surface area contributed by atoms with Crippen LogP contribution in [-0.4, -0.2) is 154 Å². The Bertz CT molecular complexity index is 1990. The van der Waals surface area contributed by atoms with Crippen LogP contribution in [0.4, 0.5) is 5.82 Å². The van der Waals surface area contributed by atoms with E-state index < -0.39 is 84.1 Å². The topological polar surface area (TPSA) is 402 Å². The molecule has 2 aromatic rings. The predicted octanol–water partition coefficient (Wildman–Crippen LogP) is -4.80. The molecule has 2 aliphatic rings. The number of carbonyl (C=O) groups excluding carboxylic acids is 3. The van der Waals surface area contributed by atoms with Gasteiger partial charge in [-0.1, -0.05) is 13.8 Å². The van der Waals surface area contributed by atoms with Crippen LogP contribution in [0.2, 0.25) is 0 Å². The predicted molar refractivity (Wildman–Crippen MR) is 210 cm³/mol. The van der Waals surface area contributed by atoms with Gasteiger partial charge in [0.2, 0.25) is 17.7 Å². The van der Waals surface area contributed by atoms with E-state index >= 15 is 0 Å². The summed E-state index contributed by atoms with van der Waals surface area (Å²) in [5.41, 5.74) is 2.03. The number of nitrogens with zero attached hydrogens (tertiary/aromatic N) is 5. The standard InChI is InChI=1S/C31H55N10O17P3S/c1-30(2,26(45)29(46)36-7-5-21(42)35-10-14-62-16-22(43)34-6-4-11-40-12-8-33-9-13-40)17-55-61(52,53)58-60(50,51)54-15-20-24(57-59(47,48)49)25(44)31(3,56-20)41-19-39-23-27(32)37-18-38-28(23)41/h18-20,24-26,33,44-45H,4-17H2,1-3H3,(H,34,43)(H,35,42)(H,36,46)(H,50,51)(H,52,53)(H2,32,37,38)(H2,47,48,49)/p-4. The summed E-state index contributed by atoms with van der Waals surface area (Å²) in [6, 6.07) is 0. The molecule has 62 heavy (non-hydrogen) atoms. The normalized spacial score (nSPS) is 23.7. The molecule has 2 fully saturated rings. The number of aliphatic hydroxyl groups is 2. The molecule has 0 aromatic carbocycles. The van der Waals surface area contributed by atoms with Crippen molar-refractivity contribution in [3.8, 4) is 0 Å². The second-order valence-electron chi connectivity index (χ2n) is 14.9. The number of nitrogens with one attached hydrogen (secondary N) is 4. The first-order valence-electron chi connectivity index (χ1n) is 19.1. The summed E-state index contributed by atoms with van der Waals surface area (Å²) < 4.78 is 61.3. The molecule has 0 saturated carbocycles. The lowest BCUT2D eigenvalue weighted by atomic mass is 9.87. The van der Waals surface area contributed by atoms with E-state index in [0.29, 0.717) is 12.3 Å². The lowest BCUT2D eigenvalue weighted by molar-refractivity contribution is -0.347. The molecule has 4 heterocycles. The van der Waals surface area contributed by atoms with Gasteiger partial charge in [-0.05, 0) is 19.9 Å². The van der Waals surface area contributed by atoms with E-state index in [2.05, 4.69) is 59.0 Å². The number of anilines is 1. The van der Waals surface area contributed by atoms with Gasteiger partial charge in [0.15, 0.2) is 17.2 Å². The zero-order chi connectivity index (χ0) is 45.9. The van der Waals surface area contributed by atoms with E-state index in [0.717, 1.165) is 56.4 Å². The van der Waals surface area contributed by atoms with E-state index in [1.807, 2.05) is 0 Å². The third-order valence-corrected chi connectivity index (χ3v) is 13.5. The van der Waals surface area contributed by atoms with Crippen LogP contribution in [0.15, 0.2) is 12.7 Å². The Balaban J connectivity index is 1.17. The number of amides is 3. The van der Waals surface area contributed by atoms with Gasteiger partial charge < -0.3 is 84.6 Å². The molecule has 8 N–H and O–H groups in total. The molecule has 3 amide bonds. The van der Waals surface area contributed by atoms with Gasteiger partial charge >= 0.3 is 0 Å². The Morgan fingerprint density at radius 1 is 1.05 bits per heavy atom. The van der Waals surface area contributed by atoms with Crippen molar-refractivity contribution in [3.05, 3.63) is 12.7 Å². The summed E-state index contributed by atoms with van der Waals surface area (Å²) in [6.45, 7) is 6.75. The van der Waals surface area contributed by atoms with Crippen molar-refractivity contribution in [2.45, 2.75) is 63.8 Å². The number of aromatic nitrogens is 4. The van der Waals surface area contributed by atoms with Crippen molar-refractivity contribution in [1.29, 1.82) is 0 Å². The van der Waals surface area contributed by atoms with Crippen LogP contribution in [0.5, 0.6) is 0 Å². The Morgan fingerprint density at radius 3 is 2.42 bits per heavy atom. The van der Waals surface area contributed by atoms with Crippen LogP contribution >= 0.6 is 35.2 Å². The number of carbonyl (C=O) groups is 3. The third kappa shape index (κ3) is 15.5. The molecule has 2 aliphatic heterocycles. The van der Waals surface area contributed by atoms with Crippen molar-refractivity contribution >= 4 is 69.9 Å². The zero-order valence-corrected chi connectivity index (χ0v) is 37.4. The molecule has 31 heteroatoms. The number of piperazine rings is 1. The van der Waals surface area contributed by atoms with Gasteiger partial charge in [-0.25, -0.2) is 19.3 Å². The number of nitrogen functional groups attached to an aromatic ring is 1. The van der Waals surface area contributed by atoms with Crippen molar-refractivity contribution < 1.29 is 80.5 Å². The van der Waals surface area contributed by atoms with Gasteiger partial charge in [-0.15, -0.1) is 0 Å². The number of imidazole rings is 1. The summed E-state index contributed by atoms with van der Waals surface area (Å²) >= 11 is 1.34. The number of ether oxygens (including phenoxy) is 1. The minimum atomic E-state index is -5.94. The van der Waals surface area contributed by atoms with Crippen LogP contribution in [0.1, 0.15) is 33.6 Å². The first-order chi connectivity index (χ1) is 28.9. The smallest absolute Gasteiger partial charge is 0.274 e. The molecule has 0 radical (unpaired) electrons. The summed E-state index contributed by atoms with van der Waals surface area (Å²) in [5.74, 6) is -0.933. The molecule has 4 rings (SSSR count). The molecule has 0 spiro atoms. The molecular formula is C31H51N10O17P3S-4. The van der Waals surface area contributed by atoms with Gasteiger partial charge in [-0.2, -0.15) is 11.8 Å². The van der Waals surface area contributed by atoms with Crippen molar-refractivity contribution in [1.82, 2.24) is 45.7 Å². The monoisotopic (exact) mass is 960 g/mol. The number of thioether (sulfide) groups is 1. The van der Waals surface area contributed by atoms with Crippen LogP contribution in [0.3, 0.4) is 0 Å². The van der Waals surface area contributed by atoms with Crippen LogP contribution in [-0.2, 0) is 56.4 Å². The third-order valence-electron chi connectivity index (χ3n) is 9.52. The molecule has 7 unspecified atom stereocenters. The highest BCUT2D eigenvalue weighted by atomic mass is 32.2. The number of nitrogens with two attached hydrogens (primary N) is 1. The zero-order valence-electron chi connectivity index (χ0n) is 33.9. The Kier molecular flexibility index (Phi) is 18.8. The second kappa shape index (κ2) is 22.5. The molecule has 27 nitrogen and oxygen atoms in total.